The first-order valence-electron chi connectivity index (χ1n) is 8.58. The average Bonchev–Trinajstić information content (AvgIpc) is 3.02. The van der Waals surface area contributed by atoms with Crippen LogP contribution in [0.1, 0.15) is 22.7 Å². The van der Waals surface area contributed by atoms with Crippen molar-refractivity contribution in [1.29, 1.82) is 0 Å². The summed E-state index contributed by atoms with van der Waals surface area (Å²) in [5.74, 6) is 0.926. The molecule has 1 heterocycles. The fraction of sp³-hybridized carbons (Fsp3) is 0.444. The summed E-state index contributed by atoms with van der Waals surface area (Å²) in [6.45, 7) is 3.28. The van der Waals surface area contributed by atoms with Crippen molar-refractivity contribution in [2.45, 2.75) is 25.5 Å². The van der Waals surface area contributed by atoms with Gasteiger partial charge in [-0.1, -0.05) is 30.3 Å². The van der Waals surface area contributed by atoms with Crippen molar-refractivity contribution in [3.8, 4) is 0 Å². The van der Waals surface area contributed by atoms with Crippen LogP contribution in [-0.2, 0) is 22.0 Å². The van der Waals surface area contributed by atoms with Crippen molar-refractivity contribution in [2.24, 2.45) is 4.99 Å². The van der Waals surface area contributed by atoms with Crippen LogP contribution in [0.3, 0.4) is 0 Å². The van der Waals surface area contributed by atoms with Crippen molar-refractivity contribution in [1.82, 2.24) is 15.6 Å². The van der Waals surface area contributed by atoms with E-state index in [9.17, 15) is 8.42 Å². The van der Waals surface area contributed by atoms with Gasteiger partial charge in [0.25, 0.3) is 0 Å². The first-order chi connectivity index (χ1) is 12.5. The maximum absolute atomic E-state index is 12.2. The molecule has 9 heteroatoms. The number of aliphatic imine (C=N–C) groups is 1. The number of nitrogens with one attached hydrogen (secondary N) is 2. The molecule has 0 radical (unpaired) electrons. The van der Waals surface area contributed by atoms with Gasteiger partial charge in [0.15, 0.2) is 15.8 Å². The van der Waals surface area contributed by atoms with Crippen molar-refractivity contribution >= 4 is 51.1 Å². The van der Waals surface area contributed by atoms with Crippen LogP contribution < -0.4 is 10.6 Å². The fourth-order valence-electron chi connectivity index (χ4n) is 2.45. The van der Waals surface area contributed by atoms with Gasteiger partial charge in [0.1, 0.15) is 0 Å². The van der Waals surface area contributed by atoms with Gasteiger partial charge in [0, 0.05) is 31.9 Å². The molecule has 0 aliphatic rings. The minimum Gasteiger partial charge on any atom is -0.356 e. The number of sulfone groups is 1. The summed E-state index contributed by atoms with van der Waals surface area (Å²) in [7, 11) is -1.39. The lowest BCUT2D eigenvalue weighted by Crippen LogP contribution is -2.39. The van der Waals surface area contributed by atoms with Gasteiger partial charge in [-0.15, -0.1) is 35.3 Å². The van der Waals surface area contributed by atoms with Crippen molar-refractivity contribution in [2.75, 3.05) is 25.9 Å². The van der Waals surface area contributed by atoms with Crippen molar-refractivity contribution in [3.63, 3.8) is 0 Å². The minimum atomic E-state index is -3.10. The highest BCUT2D eigenvalue weighted by atomic mass is 127. The largest absolute Gasteiger partial charge is 0.356 e. The number of guanidine groups is 1. The molecule has 2 N–H and O–H groups in total. The summed E-state index contributed by atoms with van der Waals surface area (Å²) in [6, 6.07) is 9.27. The van der Waals surface area contributed by atoms with Crippen LogP contribution in [0.4, 0.5) is 0 Å². The first kappa shape index (κ1) is 23.8. The zero-order valence-electron chi connectivity index (χ0n) is 15.6. The monoisotopic (exact) mass is 522 g/mol. The Labute approximate surface area is 182 Å². The molecule has 0 unspecified atom stereocenters. The molecule has 0 atom stereocenters. The second-order valence-electron chi connectivity index (χ2n) is 5.96. The lowest BCUT2D eigenvalue weighted by molar-refractivity contribution is 0.591. The topological polar surface area (TPSA) is 83.5 Å². The number of rotatable bonds is 9. The van der Waals surface area contributed by atoms with Crippen molar-refractivity contribution in [3.05, 3.63) is 52.0 Å². The summed E-state index contributed by atoms with van der Waals surface area (Å²) in [6.07, 6.45) is 1.37. The molecule has 27 heavy (non-hydrogen) atoms. The van der Waals surface area contributed by atoms with E-state index >= 15 is 0 Å². The standard InChI is InChI=1S/C18H26N4O2S2.HI/c1-15-22-17(13-25-15)9-11-21-18(19-2)20-10-6-12-26(23,24)14-16-7-4-3-5-8-16;/h3-5,7-8,13H,6,9-12,14H2,1-2H3,(H2,19,20,21);1H. The lowest BCUT2D eigenvalue weighted by Gasteiger charge is -2.11. The molecule has 0 spiro atoms. The Kier molecular flexibility index (Phi) is 10.9. The highest BCUT2D eigenvalue weighted by molar-refractivity contribution is 14.0. The van der Waals surface area contributed by atoms with Gasteiger partial charge in [-0.2, -0.15) is 0 Å². The molecule has 2 rings (SSSR count). The third-order valence-corrected chi connectivity index (χ3v) is 6.22. The highest BCUT2D eigenvalue weighted by Crippen LogP contribution is 2.08. The molecular formula is C18H27IN4O2S2. The number of nitrogens with zero attached hydrogens (tertiary/aromatic N) is 2. The van der Waals surface area contributed by atoms with Crippen LogP contribution in [0, 0.1) is 6.92 Å². The Morgan fingerprint density at radius 3 is 2.52 bits per heavy atom. The molecule has 0 saturated carbocycles. The van der Waals surface area contributed by atoms with Crippen LogP contribution in [0.2, 0.25) is 0 Å². The van der Waals surface area contributed by atoms with E-state index in [1.54, 1.807) is 18.4 Å². The third kappa shape index (κ3) is 9.52. The second-order valence-corrected chi connectivity index (χ2v) is 9.21. The smallest absolute Gasteiger partial charge is 0.190 e. The summed E-state index contributed by atoms with van der Waals surface area (Å²) in [4.78, 5) is 8.58. The van der Waals surface area contributed by atoms with Gasteiger partial charge in [-0.3, -0.25) is 4.99 Å². The molecule has 1 aromatic carbocycles. The maximum atomic E-state index is 12.2. The predicted molar refractivity (Wildman–Crippen MR) is 124 cm³/mol. The van der Waals surface area contributed by atoms with E-state index in [2.05, 4.69) is 26.0 Å². The third-order valence-electron chi connectivity index (χ3n) is 3.72. The molecule has 2 aromatic rings. The number of aryl methyl sites for hydroxylation is 1. The second kappa shape index (κ2) is 12.3. The van der Waals surface area contributed by atoms with E-state index in [-0.39, 0.29) is 35.5 Å². The average molecular weight is 522 g/mol. The molecule has 0 amide bonds. The van der Waals surface area contributed by atoms with Gasteiger partial charge in [-0.05, 0) is 18.9 Å². The zero-order chi connectivity index (χ0) is 18.8. The summed E-state index contributed by atoms with van der Waals surface area (Å²) in [5.41, 5.74) is 1.90. The quantitative estimate of drug-likeness (QED) is 0.229. The SMILES string of the molecule is CN=C(NCCCS(=O)(=O)Cc1ccccc1)NCCc1csc(C)n1.I. The molecule has 0 saturated heterocycles. The molecular weight excluding hydrogens is 495 g/mol. The minimum absolute atomic E-state index is 0. The number of thiazole rings is 1. The molecule has 6 nitrogen and oxygen atoms in total. The van der Waals surface area contributed by atoms with Gasteiger partial charge < -0.3 is 10.6 Å². The van der Waals surface area contributed by atoms with E-state index in [0.717, 1.165) is 29.2 Å². The van der Waals surface area contributed by atoms with Crippen LogP contribution in [0.25, 0.3) is 0 Å². The van der Waals surface area contributed by atoms with E-state index in [1.165, 1.54) is 0 Å². The molecule has 150 valence electrons. The fourth-order valence-corrected chi connectivity index (χ4v) is 4.53. The van der Waals surface area contributed by atoms with Gasteiger partial charge >= 0.3 is 0 Å². The Balaban J connectivity index is 0.00000364. The summed E-state index contributed by atoms with van der Waals surface area (Å²) < 4.78 is 24.3. The predicted octanol–water partition coefficient (Wildman–Crippen LogP) is 2.78. The maximum Gasteiger partial charge on any atom is 0.190 e. The molecule has 1 aromatic heterocycles. The Hall–Kier alpha value is -1.20. The van der Waals surface area contributed by atoms with Crippen LogP contribution in [0.15, 0.2) is 40.7 Å². The van der Waals surface area contributed by atoms with E-state index < -0.39 is 9.84 Å². The zero-order valence-corrected chi connectivity index (χ0v) is 19.6. The summed E-state index contributed by atoms with van der Waals surface area (Å²) >= 11 is 1.65. The number of aromatic nitrogens is 1. The van der Waals surface area contributed by atoms with Crippen LogP contribution >= 0.6 is 35.3 Å². The van der Waals surface area contributed by atoms with Crippen molar-refractivity contribution < 1.29 is 8.42 Å². The number of benzene rings is 1. The van der Waals surface area contributed by atoms with E-state index in [0.29, 0.717) is 18.9 Å². The van der Waals surface area contributed by atoms with E-state index in [1.807, 2.05) is 37.3 Å². The van der Waals surface area contributed by atoms with Crippen LogP contribution in [-0.4, -0.2) is 45.3 Å². The van der Waals surface area contributed by atoms with Crippen LogP contribution in [0.5, 0.6) is 0 Å². The van der Waals surface area contributed by atoms with Gasteiger partial charge in [0.05, 0.1) is 22.2 Å². The van der Waals surface area contributed by atoms with Gasteiger partial charge in [0.2, 0.25) is 0 Å². The molecule has 0 aliphatic carbocycles. The Morgan fingerprint density at radius 1 is 1.19 bits per heavy atom. The van der Waals surface area contributed by atoms with Gasteiger partial charge in [-0.25, -0.2) is 13.4 Å². The first-order valence-corrected chi connectivity index (χ1v) is 11.3. The number of hydrogen-bond donors (Lipinski definition) is 2. The number of halogens is 1. The normalized spacial score (nSPS) is 11.7. The molecule has 0 aliphatic heterocycles. The Morgan fingerprint density at radius 2 is 1.89 bits per heavy atom. The highest BCUT2D eigenvalue weighted by Gasteiger charge is 2.11. The summed E-state index contributed by atoms with van der Waals surface area (Å²) in [5, 5.41) is 9.50. The number of hydrogen-bond acceptors (Lipinski definition) is 5. The Bertz CT molecular complexity index is 808. The lowest BCUT2D eigenvalue weighted by atomic mass is 10.2. The molecule has 0 bridgehead atoms. The van der Waals surface area contributed by atoms with E-state index in [4.69, 9.17) is 0 Å². The molecule has 0 fully saturated rings.